The molecule has 28 heavy (non-hydrogen) atoms. The highest BCUT2D eigenvalue weighted by atomic mass is 16.6. The van der Waals surface area contributed by atoms with Gasteiger partial charge in [0.1, 0.15) is 11.4 Å². The number of hydrogen-bond donors (Lipinski definition) is 1. The zero-order valence-corrected chi connectivity index (χ0v) is 17.3. The number of aromatic nitrogens is 2. The van der Waals surface area contributed by atoms with Crippen molar-refractivity contribution in [2.45, 2.75) is 52.8 Å². The molecule has 3 rings (SSSR count). The standard InChI is InChI=1S/C23H29N3O2/c1-16(2)20(25-22(27)28-23(3,4)5)21-24-18-13-9-10-14-19(18)26(21)15-17-11-7-6-8-12-17/h6-14,16,20H,15H2,1-5H3,(H,25,27). The molecule has 0 aliphatic carbocycles. The number of imidazole rings is 1. The van der Waals surface area contributed by atoms with Crippen molar-refractivity contribution in [1.82, 2.24) is 14.9 Å². The van der Waals surface area contributed by atoms with E-state index >= 15 is 0 Å². The van der Waals surface area contributed by atoms with Crippen LogP contribution in [0.3, 0.4) is 0 Å². The number of carbonyl (C=O) groups excluding carboxylic acids is 1. The molecule has 0 bridgehead atoms. The summed E-state index contributed by atoms with van der Waals surface area (Å²) >= 11 is 0. The first kappa shape index (κ1) is 19.9. The van der Waals surface area contributed by atoms with Gasteiger partial charge in [0.05, 0.1) is 17.1 Å². The molecule has 5 nitrogen and oxygen atoms in total. The molecule has 2 aromatic carbocycles. The Balaban J connectivity index is 2.01. The first-order chi connectivity index (χ1) is 13.2. The van der Waals surface area contributed by atoms with Crippen molar-refractivity contribution in [2.75, 3.05) is 0 Å². The minimum atomic E-state index is -0.546. The second kappa shape index (κ2) is 8.05. The summed E-state index contributed by atoms with van der Waals surface area (Å²) < 4.78 is 7.67. The van der Waals surface area contributed by atoms with E-state index in [9.17, 15) is 4.79 Å². The average Bonchev–Trinajstić information content (AvgIpc) is 2.97. The number of rotatable bonds is 5. The summed E-state index contributed by atoms with van der Waals surface area (Å²) in [6.45, 7) is 10.4. The van der Waals surface area contributed by atoms with Gasteiger partial charge in [-0.05, 0) is 44.4 Å². The van der Waals surface area contributed by atoms with Crippen LogP contribution in [0.1, 0.15) is 52.0 Å². The van der Waals surface area contributed by atoms with E-state index in [1.807, 2.05) is 57.2 Å². The van der Waals surface area contributed by atoms with Gasteiger partial charge < -0.3 is 14.6 Å². The van der Waals surface area contributed by atoms with Gasteiger partial charge in [-0.1, -0.05) is 56.3 Å². The fourth-order valence-corrected chi connectivity index (χ4v) is 3.23. The Morgan fingerprint density at radius 1 is 1.07 bits per heavy atom. The van der Waals surface area contributed by atoms with Crippen molar-refractivity contribution >= 4 is 17.1 Å². The third-order valence-electron chi connectivity index (χ3n) is 4.48. The molecule has 1 heterocycles. The molecule has 0 fully saturated rings. The van der Waals surface area contributed by atoms with E-state index in [4.69, 9.17) is 9.72 Å². The number of benzene rings is 2. The van der Waals surface area contributed by atoms with Crippen molar-refractivity contribution in [2.24, 2.45) is 5.92 Å². The SMILES string of the molecule is CC(C)C(NC(=O)OC(C)(C)C)c1nc2ccccc2n1Cc1ccccc1. The van der Waals surface area contributed by atoms with Crippen LogP contribution in [0.2, 0.25) is 0 Å². The van der Waals surface area contributed by atoms with Crippen LogP contribution in [-0.2, 0) is 11.3 Å². The molecule has 0 radical (unpaired) electrons. The first-order valence-electron chi connectivity index (χ1n) is 9.73. The van der Waals surface area contributed by atoms with Gasteiger partial charge in [0.15, 0.2) is 0 Å². The maximum atomic E-state index is 12.5. The predicted octanol–water partition coefficient (Wildman–Crippen LogP) is 5.31. The zero-order valence-electron chi connectivity index (χ0n) is 17.3. The fourth-order valence-electron chi connectivity index (χ4n) is 3.23. The molecule has 0 spiro atoms. The summed E-state index contributed by atoms with van der Waals surface area (Å²) in [6.07, 6.45) is -0.426. The van der Waals surface area contributed by atoms with E-state index in [-0.39, 0.29) is 12.0 Å². The lowest BCUT2D eigenvalue weighted by Gasteiger charge is -2.26. The molecule has 3 aromatic rings. The van der Waals surface area contributed by atoms with Gasteiger partial charge in [-0.15, -0.1) is 0 Å². The quantitative estimate of drug-likeness (QED) is 0.654. The smallest absolute Gasteiger partial charge is 0.408 e. The normalized spacial score (nSPS) is 12.9. The number of para-hydroxylation sites is 2. The van der Waals surface area contributed by atoms with Crippen LogP contribution in [0.5, 0.6) is 0 Å². The second-order valence-corrected chi connectivity index (χ2v) is 8.40. The van der Waals surface area contributed by atoms with Gasteiger partial charge in [-0.2, -0.15) is 0 Å². The maximum absolute atomic E-state index is 12.5. The lowest BCUT2D eigenvalue weighted by Crippen LogP contribution is -2.38. The highest BCUT2D eigenvalue weighted by molar-refractivity contribution is 5.76. The van der Waals surface area contributed by atoms with Crippen molar-refractivity contribution in [1.29, 1.82) is 0 Å². The Labute approximate surface area is 166 Å². The Morgan fingerprint density at radius 3 is 2.36 bits per heavy atom. The number of amides is 1. The highest BCUT2D eigenvalue weighted by Crippen LogP contribution is 2.27. The number of carbonyl (C=O) groups is 1. The van der Waals surface area contributed by atoms with Crippen LogP contribution in [0.15, 0.2) is 54.6 Å². The van der Waals surface area contributed by atoms with Crippen molar-refractivity contribution < 1.29 is 9.53 Å². The van der Waals surface area contributed by atoms with Gasteiger partial charge in [-0.25, -0.2) is 9.78 Å². The number of fused-ring (bicyclic) bond motifs is 1. The summed E-state index contributed by atoms with van der Waals surface area (Å²) in [5.74, 6) is 0.991. The number of alkyl carbamates (subject to hydrolysis) is 1. The molecule has 0 saturated carbocycles. The monoisotopic (exact) mass is 379 g/mol. The Morgan fingerprint density at radius 2 is 1.71 bits per heavy atom. The van der Waals surface area contributed by atoms with E-state index in [1.54, 1.807) is 0 Å². The third kappa shape index (κ3) is 4.71. The van der Waals surface area contributed by atoms with Crippen molar-refractivity contribution in [3.05, 3.63) is 66.0 Å². The average molecular weight is 380 g/mol. The van der Waals surface area contributed by atoms with Crippen LogP contribution >= 0.6 is 0 Å². The van der Waals surface area contributed by atoms with Crippen LogP contribution in [0.25, 0.3) is 11.0 Å². The van der Waals surface area contributed by atoms with E-state index in [0.29, 0.717) is 6.54 Å². The number of ether oxygens (including phenoxy) is 1. The van der Waals surface area contributed by atoms with Gasteiger partial charge in [0, 0.05) is 6.54 Å². The van der Waals surface area contributed by atoms with Crippen molar-refractivity contribution in [3.63, 3.8) is 0 Å². The summed E-state index contributed by atoms with van der Waals surface area (Å²) in [4.78, 5) is 17.3. The topological polar surface area (TPSA) is 56.1 Å². The molecule has 1 N–H and O–H groups in total. The summed E-state index contributed by atoms with van der Waals surface area (Å²) in [5.41, 5.74) is 2.62. The minimum Gasteiger partial charge on any atom is -0.444 e. The summed E-state index contributed by atoms with van der Waals surface area (Å²) in [5, 5.41) is 3.03. The van der Waals surface area contributed by atoms with Gasteiger partial charge >= 0.3 is 6.09 Å². The molecule has 0 aliphatic heterocycles. The van der Waals surface area contributed by atoms with Crippen molar-refractivity contribution in [3.8, 4) is 0 Å². The van der Waals surface area contributed by atoms with Gasteiger partial charge in [0.2, 0.25) is 0 Å². The maximum Gasteiger partial charge on any atom is 0.408 e. The van der Waals surface area contributed by atoms with E-state index in [0.717, 1.165) is 16.9 Å². The van der Waals surface area contributed by atoms with Crippen LogP contribution in [-0.4, -0.2) is 21.2 Å². The Kier molecular flexibility index (Phi) is 5.73. The molecular weight excluding hydrogens is 350 g/mol. The first-order valence-corrected chi connectivity index (χ1v) is 9.73. The minimum absolute atomic E-state index is 0.152. The summed E-state index contributed by atoms with van der Waals surface area (Å²) in [6, 6.07) is 18.1. The molecule has 0 aliphatic rings. The molecule has 148 valence electrons. The molecule has 1 amide bonds. The van der Waals surface area contributed by atoms with E-state index in [2.05, 4.69) is 41.9 Å². The lowest BCUT2D eigenvalue weighted by molar-refractivity contribution is 0.0485. The van der Waals surface area contributed by atoms with Gasteiger partial charge in [0.25, 0.3) is 0 Å². The Bertz CT molecular complexity index is 939. The molecule has 5 heteroatoms. The fraction of sp³-hybridized carbons (Fsp3) is 0.391. The largest absolute Gasteiger partial charge is 0.444 e. The van der Waals surface area contributed by atoms with Crippen LogP contribution in [0, 0.1) is 5.92 Å². The third-order valence-corrected chi connectivity index (χ3v) is 4.48. The van der Waals surface area contributed by atoms with E-state index in [1.165, 1.54) is 5.56 Å². The van der Waals surface area contributed by atoms with E-state index < -0.39 is 11.7 Å². The summed E-state index contributed by atoms with van der Waals surface area (Å²) in [7, 11) is 0. The predicted molar refractivity (Wildman–Crippen MR) is 112 cm³/mol. The van der Waals surface area contributed by atoms with Crippen LogP contribution < -0.4 is 5.32 Å². The van der Waals surface area contributed by atoms with Crippen LogP contribution in [0.4, 0.5) is 4.79 Å². The Hall–Kier alpha value is -2.82. The molecule has 1 aromatic heterocycles. The number of nitrogens with zero attached hydrogens (tertiary/aromatic N) is 2. The molecular formula is C23H29N3O2. The second-order valence-electron chi connectivity index (χ2n) is 8.40. The lowest BCUT2D eigenvalue weighted by atomic mass is 10.0. The zero-order chi connectivity index (χ0) is 20.3. The van der Waals surface area contributed by atoms with Gasteiger partial charge in [-0.3, -0.25) is 0 Å². The number of hydrogen-bond acceptors (Lipinski definition) is 3. The number of nitrogens with one attached hydrogen (secondary N) is 1. The molecule has 1 atom stereocenters. The highest BCUT2D eigenvalue weighted by Gasteiger charge is 2.27. The molecule has 1 unspecified atom stereocenters. The molecule has 0 saturated heterocycles.